The summed E-state index contributed by atoms with van der Waals surface area (Å²) < 4.78 is 2.32. The molecule has 0 saturated heterocycles. The average molecular weight is 262 g/mol. The van der Waals surface area contributed by atoms with Crippen molar-refractivity contribution in [1.29, 1.82) is 0 Å². The molecule has 0 spiro atoms. The highest BCUT2D eigenvalue weighted by molar-refractivity contribution is 5.02. The first-order valence-corrected chi connectivity index (χ1v) is 7.51. The van der Waals surface area contributed by atoms with Crippen molar-refractivity contribution in [3.8, 4) is 0 Å². The third-order valence-corrected chi connectivity index (χ3v) is 3.86. The molecule has 1 aromatic rings. The highest BCUT2D eigenvalue weighted by Crippen LogP contribution is 2.19. The first-order valence-electron chi connectivity index (χ1n) is 7.51. The maximum atomic E-state index is 4.40. The predicted octanol–water partition coefficient (Wildman–Crippen LogP) is 3.01. The number of aromatic nitrogens is 3. The number of hydrogen-bond donors (Lipinski definition) is 1. The molecule has 0 aromatic carbocycles. The van der Waals surface area contributed by atoms with Gasteiger partial charge in [-0.05, 0) is 39.5 Å². The van der Waals surface area contributed by atoms with Gasteiger partial charge in [0.15, 0.2) is 0 Å². The van der Waals surface area contributed by atoms with Gasteiger partial charge in [0.25, 0.3) is 0 Å². The van der Waals surface area contributed by atoms with Gasteiger partial charge in [0.05, 0.1) is 6.04 Å². The van der Waals surface area contributed by atoms with Crippen molar-refractivity contribution in [2.45, 2.75) is 71.0 Å². The number of allylic oxidation sites excluding steroid dienone is 1. The Morgan fingerprint density at radius 2 is 2.16 bits per heavy atom. The van der Waals surface area contributed by atoms with Crippen LogP contribution in [0.1, 0.15) is 63.6 Å². The second-order valence-corrected chi connectivity index (χ2v) is 5.59. The first-order chi connectivity index (χ1) is 9.22. The van der Waals surface area contributed by atoms with Gasteiger partial charge in [-0.15, -0.1) is 16.8 Å². The van der Waals surface area contributed by atoms with Crippen LogP contribution in [-0.2, 0) is 13.0 Å². The van der Waals surface area contributed by atoms with Crippen LogP contribution >= 0.6 is 0 Å². The molecule has 0 fully saturated rings. The van der Waals surface area contributed by atoms with Gasteiger partial charge in [-0.25, -0.2) is 0 Å². The summed E-state index contributed by atoms with van der Waals surface area (Å²) in [4.78, 5) is 0. The molecule has 0 aliphatic carbocycles. The molecule has 106 valence electrons. The van der Waals surface area contributed by atoms with E-state index < -0.39 is 0 Å². The second kappa shape index (κ2) is 6.85. The van der Waals surface area contributed by atoms with E-state index in [1.54, 1.807) is 0 Å². The molecule has 2 atom stereocenters. The van der Waals surface area contributed by atoms with Gasteiger partial charge >= 0.3 is 0 Å². The number of aryl methyl sites for hydroxylation is 1. The number of rotatable bonds is 6. The lowest BCUT2D eigenvalue weighted by Gasteiger charge is -2.20. The van der Waals surface area contributed by atoms with Crippen LogP contribution in [0.5, 0.6) is 0 Å². The SMILES string of the molecule is C=CCCC(C)NC(C)c1nnc2n1CCCCC2. The lowest BCUT2D eigenvalue weighted by Crippen LogP contribution is -2.30. The van der Waals surface area contributed by atoms with Crippen LogP contribution < -0.4 is 5.32 Å². The third kappa shape index (κ3) is 3.66. The van der Waals surface area contributed by atoms with Crippen molar-refractivity contribution in [2.75, 3.05) is 0 Å². The van der Waals surface area contributed by atoms with Gasteiger partial charge in [-0.2, -0.15) is 0 Å². The van der Waals surface area contributed by atoms with Crippen LogP contribution in [0.15, 0.2) is 12.7 Å². The molecule has 1 aliphatic heterocycles. The fourth-order valence-electron chi connectivity index (χ4n) is 2.78. The molecule has 4 nitrogen and oxygen atoms in total. The van der Waals surface area contributed by atoms with E-state index in [0.29, 0.717) is 6.04 Å². The average Bonchev–Trinajstić information content (AvgIpc) is 2.66. The second-order valence-electron chi connectivity index (χ2n) is 5.59. The fraction of sp³-hybridized carbons (Fsp3) is 0.733. The van der Waals surface area contributed by atoms with Crippen LogP contribution in [0.2, 0.25) is 0 Å². The summed E-state index contributed by atoms with van der Waals surface area (Å²) in [5.74, 6) is 2.27. The van der Waals surface area contributed by atoms with E-state index in [1.807, 2.05) is 6.08 Å². The molecular formula is C15H26N4. The zero-order chi connectivity index (χ0) is 13.7. The minimum absolute atomic E-state index is 0.263. The van der Waals surface area contributed by atoms with Crippen LogP contribution in [0.3, 0.4) is 0 Å². The van der Waals surface area contributed by atoms with Crippen molar-refractivity contribution in [3.63, 3.8) is 0 Å². The molecular weight excluding hydrogens is 236 g/mol. The Kier molecular flexibility index (Phi) is 5.14. The standard InChI is InChI=1S/C15H26N4/c1-4-5-9-12(2)16-13(3)15-18-17-14-10-7-6-8-11-19(14)15/h4,12-13,16H,1,5-11H2,2-3H3. The van der Waals surface area contributed by atoms with E-state index >= 15 is 0 Å². The molecule has 0 amide bonds. The maximum Gasteiger partial charge on any atom is 0.149 e. The van der Waals surface area contributed by atoms with Crippen LogP contribution in [0.4, 0.5) is 0 Å². The van der Waals surface area contributed by atoms with Crippen LogP contribution in [0.25, 0.3) is 0 Å². The molecule has 4 heteroatoms. The third-order valence-electron chi connectivity index (χ3n) is 3.86. The molecule has 1 N–H and O–H groups in total. The molecule has 0 saturated carbocycles. The number of nitrogens with zero attached hydrogens (tertiary/aromatic N) is 3. The Morgan fingerprint density at radius 1 is 1.32 bits per heavy atom. The minimum atomic E-state index is 0.263. The summed E-state index contributed by atoms with van der Waals surface area (Å²) in [6.07, 6.45) is 9.03. The number of hydrogen-bond acceptors (Lipinski definition) is 3. The number of nitrogens with one attached hydrogen (secondary N) is 1. The van der Waals surface area contributed by atoms with Gasteiger partial charge in [-0.1, -0.05) is 12.5 Å². The Balaban J connectivity index is 2.00. The summed E-state index contributed by atoms with van der Waals surface area (Å²) in [6.45, 7) is 9.26. The summed E-state index contributed by atoms with van der Waals surface area (Å²) in [6, 6.07) is 0.742. The van der Waals surface area contributed by atoms with Crippen molar-refractivity contribution in [1.82, 2.24) is 20.1 Å². The van der Waals surface area contributed by atoms with Crippen molar-refractivity contribution in [3.05, 3.63) is 24.3 Å². The molecule has 1 aromatic heterocycles. The first kappa shape index (κ1) is 14.3. The summed E-state index contributed by atoms with van der Waals surface area (Å²) in [5, 5.41) is 12.4. The number of fused-ring (bicyclic) bond motifs is 1. The van der Waals surface area contributed by atoms with Gasteiger partial charge in [0.2, 0.25) is 0 Å². The Hall–Kier alpha value is -1.16. The van der Waals surface area contributed by atoms with Crippen molar-refractivity contribution in [2.24, 2.45) is 0 Å². The summed E-state index contributed by atoms with van der Waals surface area (Å²) >= 11 is 0. The monoisotopic (exact) mass is 262 g/mol. The lowest BCUT2D eigenvalue weighted by atomic mass is 10.1. The van der Waals surface area contributed by atoms with Crippen LogP contribution in [-0.4, -0.2) is 20.8 Å². The smallest absolute Gasteiger partial charge is 0.149 e. The van der Waals surface area contributed by atoms with E-state index in [-0.39, 0.29) is 6.04 Å². The highest BCUT2D eigenvalue weighted by Gasteiger charge is 2.19. The zero-order valence-electron chi connectivity index (χ0n) is 12.2. The van der Waals surface area contributed by atoms with Crippen molar-refractivity contribution < 1.29 is 0 Å². The van der Waals surface area contributed by atoms with Crippen LogP contribution in [0, 0.1) is 0 Å². The van der Waals surface area contributed by atoms with E-state index in [0.717, 1.165) is 31.6 Å². The van der Waals surface area contributed by atoms with E-state index in [1.165, 1.54) is 25.1 Å². The Bertz CT molecular complexity index is 410. The topological polar surface area (TPSA) is 42.7 Å². The van der Waals surface area contributed by atoms with Gasteiger partial charge in [-0.3, -0.25) is 0 Å². The Labute approximate surface area is 116 Å². The van der Waals surface area contributed by atoms with Gasteiger partial charge < -0.3 is 9.88 Å². The molecule has 2 rings (SSSR count). The molecule has 19 heavy (non-hydrogen) atoms. The van der Waals surface area contributed by atoms with Gasteiger partial charge in [0, 0.05) is 19.0 Å². The molecule has 0 bridgehead atoms. The van der Waals surface area contributed by atoms with Crippen molar-refractivity contribution >= 4 is 0 Å². The van der Waals surface area contributed by atoms with E-state index in [2.05, 4.69) is 40.5 Å². The summed E-state index contributed by atoms with van der Waals surface area (Å²) in [5.41, 5.74) is 0. The Morgan fingerprint density at radius 3 is 2.95 bits per heavy atom. The zero-order valence-corrected chi connectivity index (χ0v) is 12.2. The van der Waals surface area contributed by atoms with E-state index in [9.17, 15) is 0 Å². The highest BCUT2D eigenvalue weighted by atomic mass is 15.3. The molecule has 1 aliphatic rings. The maximum absolute atomic E-state index is 4.40. The molecule has 2 unspecified atom stereocenters. The van der Waals surface area contributed by atoms with E-state index in [4.69, 9.17) is 0 Å². The fourth-order valence-corrected chi connectivity index (χ4v) is 2.78. The quantitative estimate of drug-likeness (QED) is 0.801. The lowest BCUT2D eigenvalue weighted by molar-refractivity contribution is 0.429. The minimum Gasteiger partial charge on any atom is -0.314 e. The summed E-state index contributed by atoms with van der Waals surface area (Å²) in [7, 11) is 0. The normalized spacial score (nSPS) is 18.4. The van der Waals surface area contributed by atoms with Gasteiger partial charge in [0.1, 0.15) is 11.6 Å². The predicted molar refractivity (Wildman–Crippen MR) is 78.0 cm³/mol. The molecule has 0 radical (unpaired) electrons. The molecule has 2 heterocycles. The largest absolute Gasteiger partial charge is 0.314 e.